The van der Waals surface area contributed by atoms with E-state index >= 15 is 0 Å². The molecule has 180 valence electrons. The van der Waals surface area contributed by atoms with Crippen LogP contribution in [0.5, 0.6) is 0 Å². The number of imidazole rings is 1. The summed E-state index contributed by atoms with van der Waals surface area (Å²) in [4.78, 5) is 43.3. The van der Waals surface area contributed by atoms with Gasteiger partial charge in [0.2, 0.25) is 5.91 Å². The van der Waals surface area contributed by atoms with Gasteiger partial charge in [-0.15, -0.1) is 0 Å². The number of benzene rings is 2. The summed E-state index contributed by atoms with van der Waals surface area (Å²) in [5.74, 6) is -0.813. The Labute approximate surface area is 201 Å². The molecular formula is C25H25FN6O3. The third kappa shape index (κ3) is 3.93. The molecule has 0 saturated carbocycles. The molecule has 0 spiro atoms. The van der Waals surface area contributed by atoms with Crippen LogP contribution in [0.25, 0.3) is 11.0 Å². The van der Waals surface area contributed by atoms with Crippen molar-refractivity contribution in [1.29, 1.82) is 0 Å². The molecule has 6 rings (SSSR count). The molecule has 0 atom stereocenters. The number of fused-ring (bicyclic) bond motifs is 2. The number of likely N-dealkylation sites (tertiary alicyclic amines) is 1. The number of rotatable bonds is 4. The number of amides is 4. The minimum absolute atomic E-state index is 0.179. The Morgan fingerprint density at radius 2 is 1.83 bits per heavy atom. The van der Waals surface area contributed by atoms with E-state index in [1.165, 1.54) is 22.2 Å². The number of hydrogen-bond donors (Lipinski definition) is 1. The van der Waals surface area contributed by atoms with Crippen LogP contribution >= 0.6 is 0 Å². The van der Waals surface area contributed by atoms with Crippen molar-refractivity contribution < 1.29 is 18.8 Å². The lowest BCUT2D eigenvalue weighted by Gasteiger charge is -2.33. The van der Waals surface area contributed by atoms with Gasteiger partial charge in [-0.25, -0.2) is 24.2 Å². The molecule has 0 aliphatic carbocycles. The van der Waals surface area contributed by atoms with Crippen LogP contribution in [0, 0.1) is 5.82 Å². The van der Waals surface area contributed by atoms with Gasteiger partial charge in [-0.05, 0) is 42.2 Å². The molecule has 3 aliphatic heterocycles. The molecule has 1 N–H and O–H groups in total. The molecular weight excluding hydrogens is 451 g/mol. The number of halogens is 1. The molecule has 4 heterocycles. The minimum Gasteiger partial charge on any atom is -0.327 e. The van der Waals surface area contributed by atoms with E-state index in [2.05, 4.69) is 19.8 Å². The topological polar surface area (TPSA) is 90.8 Å². The molecule has 35 heavy (non-hydrogen) atoms. The van der Waals surface area contributed by atoms with Gasteiger partial charge < -0.3 is 4.57 Å². The quantitative estimate of drug-likeness (QED) is 0.626. The number of aromatic nitrogens is 2. The summed E-state index contributed by atoms with van der Waals surface area (Å²) in [6.45, 7) is 3.15. The molecule has 0 bridgehead atoms. The fourth-order valence-electron chi connectivity index (χ4n) is 5.35. The van der Waals surface area contributed by atoms with E-state index in [9.17, 15) is 18.8 Å². The summed E-state index contributed by atoms with van der Waals surface area (Å²) in [6, 6.07) is 10.4. The van der Waals surface area contributed by atoms with Crippen molar-refractivity contribution in [3.05, 3.63) is 65.2 Å². The maximum Gasteiger partial charge on any atom is 0.342 e. The second kappa shape index (κ2) is 8.46. The van der Waals surface area contributed by atoms with E-state index in [0.29, 0.717) is 23.7 Å². The predicted octanol–water partition coefficient (Wildman–Crippen LogP) is 2.83. The second-order valence-corrected chi connectivity index (χ2v) is 9.37. The number of carbonyl (C=O) groups excluding carboxylic acids is 3. The zero-order valence-corrected chi connectivity index (χ0v) is 19.1. The van der Waals surface area contributed by atoms with Gasteiger partial charge in [-0.1, -0.05) is 12.1 Å². The van der Waals surface area contributed by atoms with Crippen molar-refractivity contribution in [3.8, 4) is 0 Å². The van der Waals surface area contributed by atoms with Crippen LogP contribution in [-0.4, -0.2) is 61.9 Å². The van der Waals surface area contributed by atoms with Gasteiger partial charge >= 0.3 is 6.03 Å². The lowest BCUT2D eigenvalue weighted by molar-refractivity contribution is -0.123. The molecule has 2 aromatic carbocycles. The van der Waals surface area contributed by atoms with E-state index in [1.807, 2.05) is 24.5 Å². The van der Waals surface area contributed by atoms with E-state index in [4.69, 9.17) is 0 Å². The zero-order chi connectivity index (χ0) is 24.1. The Morgan fingerprint density at radius 3 is 2.63 bits per heavy atom. The molecule has 0 radical (unpaired) electrons. The number of urea groups is 1. The van der Waals surface area contributed by atoms with Crippen molar-refractivity contribution in [2.45, 2.75) is 38.4 Å². The van der Waals surface area contributed by atoms with E-state index in [1.54, 1.807) is 6.07 Å². The van der Waals surface area contributed by atoms with Gasteiger partial charge in [0.25, 0.3) is 5.91 Å². The highest BCUT2D eigenvalue weighted by Gasteiger charge is 2.37. The predicted molar refractivity (Wildman–Crippen MR) is 124 cm³/mol. The summed E-state index contributed by atoms with van der Waals surface area (Å²) < 4.78 is 15.6. The van der Waals surface area contributed by atoms with Gasteiger partial charge in [0, 0.05) is 43.7 Å². The van der Waals surface area contributed by atoms with Crippen LogP contribution in [-0.2, 0) is 17.9 Å². The van der Waals surface area contributed by atoms with Crippen LogP contribution in [0.1, 0.15) is 46.8 Å². The highest BCUT2D eigenvalue weighted by atomic mass is 19.1. The van der Waals surface area contributed by atoms with Crippen LogP contribution in [0.15, 0.2) is 42.7 Å². The van der Waals surface area contributed by atoms with Gasteiger partial charge in [-0.2, -0.15) is 0 Å². The summed E-state index contributed by atoms with van der Waals surface area (Å²) in [7, 11) is 0. The van der Waals surface area contributed by atoms with Crippen LogP contribution < -0.4 is 5.32 Å². The number of nitrogens with zero attached hydrogens (tertiary/aromatic N) is 5. The lowest BCUT2D eigenvalue weighted by Crippen LogP contribution is -2.56. The molecule has 10 heteroatoms. The fraction of sp³-hybridized carbons (Fsp3) is 0.360. The molecule has 4 amide bonds. The highest BCUT2D eigenvalue weighted by Crippen LogP contribution is 2.30. The minimum atomic E-state index is -0.554. The first-order chi connectivity index (χ1) is 17.0. The Balaban J connectivity index is 1.10. The first-order valence-electron chi connectivity index (χ1n) is 11.9. The number of piperidine rings is 1. The van der Waals surface area contributed by atoms with Crippen molar-refractivity contribution in [1.82, 2.24) is 29.8 Å². The fourth-order valence-corrected chi connectivity index (χ4v) is 5.35. The van der Waals surface area contributed by atoms with E-state index in [-0.39, 0.29) is 30.6 Å². The lowest BCUT2D eigenvalue weighted by atomic mass is 10.0. The molecule has 2 saturated heterocycles. The zero-order valence-electron chi connectivity index (χ0n) is 19.1. The Hall–Kier alpha value is -3.79. The summed E-state index contributed by atoms with van der Waals surface area (Å²) in [6.07, 6.45) is 3.94. The molecule has 0 unspecified atom stereocenters. The number of hydrogen-bond acceptors (Lipinski definition) is 5. The monoisotopic (exact) mass is 476 g/mol. The normalized spacial score (nSPS) is 19.5. The smallest absolute Gasteiger partial charge is 0.327 e. The SMILES string of the molecule is O=C1CCN(N2Cc3cc(CN4CCC(n5cnc6cc(F)ccc65)CC4)ccc3C2=O)C(=O)N1. The van der Waals surface area contributed by atoms with Crippen LogP contribution in [0.4, 0.5) is 9.18 Å². The van der Waals surface area contributed by atoms with Gasteiger partial charge in [-0.3, -0.25) is 19.8 Å². The largest absolute Gasteiger partial charge is 0.342 e. The Morgan fingerprint density at radius 1 is 1.00 bits per heavy atom. The number of hydrazine groups is 1. The molecule has 2 fully saturated rings. The van der Waals surface area contributed by atoms with Gasteiger partial charge in [0.15, 0.2) is 0 Å². The first-order valence-corrected chi connectivity index (χ1v) is 11.9. The van der Waals surface area contributed by atoms with Gasteiger partial charge in [0.05, 0.1) is 30.5 Å². The number of nitrogens with one attached hydrogen (secondary N) is 1. The number of carbonyl (C=O) groups is 3. The third-order valence-electron chi connectivity index (χ3n) is 7.17. The van der Waals surface area contributed by atoms with E-state index < -0.39 is 6.03 Å². The van der Waals surface area contributed by atoms with Crippen LogP contribution in [0.2, 0.25) is 0 Å². The Bertz CT molecular complexity index is 1350. The molecule has 9 nitrogen and oxygen atoms in total. The van der Waals surface area contributed by atoms with Crippen molar-refractivity contribution >= 4 is 28.9 Å². The maximum absolute atomic E-state index is 13.5. The summed E-state index contributed by atoms with van der Waals surface area (Å²) in [5, 5.41) is 5.01. The Kier molecular flexibility index (Phi) is 5.25. The van der Waals surface area contributed by atoms with Gasteiger partial charge in [0.1, 0.15) is 5.82 Å². The highest BCUT2D eigenvalue weighted by molar-refractivity contribution is 6.01. The molecule has 3 aliphatic rings. The standard InChI is InChI=1S/C25H25FN6O3/c26-18-2-4-22-21(12-18)27-15-30(22)19-5-8-29(9-6-19)13-16-1-3-20-17(11-16)14-32(24(20)34)31-10-7-23(33)28-25(31)35/h1-4,11-12,15,19H,5-10,13-14H2,(H,28,33,35). The maximum atomic E-state index is 13.5. The third-order valence-corrected chi connectivity index (χ3v) is 7.17. The molecule has 3 aromatic rings. The first kappa shape index (κ1) is 21.7. The van der Waals surface area contributed by atoms with Crippen molar-refractivity contribution in [2.75, 3.05) is 19.6 Å². The average Bonchev–Trinajstić information content (AvgIpc) is 3.40. The summed E-state index contributed by atoms with van der Waals surface area (Å²) in [5.41, 5.74) is 4.26. The number of imide groups is 1. The van der Waals surface area contributed by atoms with Crippen molar-refractivity contribution in [2.24, 2.45) is 0 Å². The average molecular weight is 477 g/mol. The second-order valence-electron chi connectivity index (χ2n) is 9.37. The van der Waals surface area contributed by atoms with Crippen molar-refractivity contribution in [3.63, 3.8) is 0 Å². The molecule has 1 aromatic heterocycles. The summed E-state index contributed by atoms with van der Waals surface area (Å²) >= 11 is 0. The van der Waals surface area contributed by atoms with E-state index in [0.717, 1.165) is 49.1 Å². The van der Waals surface area contributed by atoms with Crippen LogP contribution in [0.3, 0.4) is 0 Å².